The number of rotatable bonds is 0. The molecule has 26 heavy (non-hydrogen) atoms. The second-order valence-electron chi connectivity index (χ2n) is 9.83. The van der Waals surface area contributed by atoms with Gasteiger partial charge in [-0.15, -0.1) is 0 Å². The minimum Gasteiger partial charge on any atom is -0.451 e. The molecule has 5 aliphatic carbocycles. The summed E-state index contributed by atoms with van der Waals surface area (Å²) in [5.41, 5.74) is 3.80. The third kappa shape index (κ3) is 1.62. The molecule has 0 aromatic rings. The molecule has 1 spiro atoms. The molecule has 136 valence electrons. The van der Waals surface area contributed by atoms with Gasteiger partial charge in [-0.3, -0.25) is 4.79 Å². The number of carbonyl (C=O) groups excluding carboxylic acids is 2. The molecular formula is C23H26O3. The van der Waals surface area contributed by atoms with Crippen LogP contribution >= 0.6 is 0 Å². The van der Waals surface area contributed by atoms with Gasteiger partial charge >= 0.3 is 5.97 Å². The molecule has 5 unspecified atom stereocenters. The Hall–Kier alpha value is -1.64. The lowest BCUT2D eigenvalue weighted by Gasteiger charge is -2.55. The second kappa shape index (κ2) is 4.61. The average molecular weight is 350 g/mol. The Morgan fingerprint density at radius 3 is 2.85 bits per heavy atom. The number of ketones is 1. The van der Waals surface area contributed by atoms with Crippen LogP contribution in [0.1, 0.15) is 51.9 Å². The van der Waals surface area contributed by atoms with E-state index in [4.69, 9.17) is 4.74 Å². The molecule has 7 atom stereocenters. The molecule has 3 heteroatoms. The topological polar surface area (TPSA) is 43.4 Å². The molecule has 3 saturated carbocycles. The van der Waals surface area contributed by atoms with Gasteiger partial charge in [0.05, 0.1) is 0 Å². The molecule has 3 nitrogen and oxygen atoms in total. The fourth-order valence-corrected chi connectivity index (χ4v) is 7.96. The number of ether oxygens (including phenoxy) is 1. The van der Waals surface area contributed by atoms with Crippen LogP contribution in [-0.2, 0) is 14.3 Å². The Morgan fingerprint density at radius 2 is 2.08 bits per heavy atom. The molecular weight excluding hydrogens is 324 g/mol. The van der Waals surface area contributed by atoms with Gasteiger partial charge in [-0.1, -0.05) is 24.6 Å². The summed E-state index contributed by atoms with van der Waals surface area (Å²) in [5, 5.41) is 0. The van der Waals surface area contributed by atoms with E-state index in [1.165, 1.54) is 24.0 Å². The van der Waals surface area contributed by atoms with Crippen LogP contribution < -0.4 is 0 Å². The van der Waals surface area contributed by atoms with Gasteiger partial charge in [0.15, 0.2) is 0 Å². The lowest BCUT2D eigenvalue weighted by atomic mass is 9.50. The van der Waals surface area contributed by atoms with Gasteiger partial charge in [-0.25, -0.2) is 4.79 Å². The first-order valence-electron chi connectivity index (χ1n) is 10.3. The minimum absolute atomic E-state index is 0.0627. The summed E-state index contributed by atoms with van der Waals surface area (Å²) in [7, 11) is 0. The lowest BCUT2D eigenvalue weighted by Crippen LogP contribution is -2.54. The van der Waals surface area contributed by atoms with Crippen LogP contribution in [-0.4, -0.2) is 17.4 Å². The van der Waals surface area contributed by atoms with E-state index < -0.39 is 0 Å². The van der Waals surface area contributed by atoms with Crippen molar-refractivity contribution in [1.29, 1.82) is 0 Å². The summed E-state index contributed by atoms with van der Waals surface area (Å²) in [6.07, 6.45) is 10.6. The third-order valence-electron chi connectivity index (χ3n) is 8.96. The van der Waals surface area contributed by atoms with Crippen molar-refractivity contribution in [2.45, 2.75) is 57.5 Å². The molecule has 3 fully saturated rings. The van der Waals surface area contributed by atoms with Crippen LogP contribution in [0.2, 0.25) is 0 Å². The molecule has 0 N–H and O–H groups in total. The van der Waals surface area contributed by atoms with Gasteiger partial charge < -0.3 is 4.74 Å². The number of fused-ring (bicyclic) bond motifs is 8. The van der Waals surface area contributed by atoms with Gasteiger partial charge in [-0.2, -0.15) is 0 Å². The van der Waals surface area contributed by atoms with Gasteiger partial charge in [0.2, 0.25) is 0 Å². The zero-order valence-corrected chi connectivity index (χ0v) is 15.4. The molecule has 0 radical (unpaired) electrons. The van der Waals surface area contributed by atoms with Crippen molar-refractivity contribution in [3.8, 4) is 0 Å². The van der Waals surface area contributed by atoms with E-state index in [-0.39, 0.29) is 17.0 Å². The van der Waals surface area contributed by atoms with Crippen LogP contribution in [0.5, 0.6) is 0 Å². The van der Waals surface area contributed by atoms with Crippen molar-refractivity contribution in [2.75, 3.05) is 0 Å². The summed E-state index contributed by atoms with van der Waals surface area (Å²) < 4.78 is 6.03. The zero-order chi connectivity index (χ0) is 17.8. The normalized spacial score (nSPS) is 51.1. The zero-order valence-electron chi connectivity index (χ0n) is 15.4. The third-order valence-corrected chi connectivity index (χ3v) is 8.96. The van der Waals surface area contributed by atoms with E-state index in [2.05, 4.69) is 19.6 Å². The highest BCUT2D eigenvalue weighted by Gasteiger charge is 2.77. The number of Topliss-reactive ketones (excluding diaryl/α,β-unsaturated/α-hetero) is 1. The van der Waals surface area contributed by atoms with E-state index in [1.807, 2.05) is 0 Å². The van der Waals surface area contributed by atoms with Crippen LogP contribution in [0.25, 0.3) is 0 Å². The summed E-state index contributed by atoms with van der Waals surface area (Å²) in [5.74, 6) is 3.32. The Kier molecular flexibility index (Phi) is 2.73. The molecule has 0 aromatic heterocycles. The van der Waals surface area contributed by atoms with Crippen molar-refractivity contribution in [2.24, 2.45) is 35.0 Å². The first-order valence-corrected chi connectivity index (χ1v) is 10.3. The molecule has 0 amide bonds. The molecule has 0 saturated heterocycles. The number of carbonyl (C=O) groups is 2. The molecule has 0 aromatic carbocycles. The fraction of sp³-hybridized carbons (Fsp3) is 0.652. The maximum Gasteiger partial charge on any atom is 0.331 e. The fourth-order valence-electron chi connectivity index (χ4n) is 7.96. The van der Waals surface area contributed by atoms with E-state index in [0.717, 1.165) is 19.3 Å². The second-order valence-corrected chi connectivity index (χ2v) is 9.83. The highest BCUT2D eigenvalue weighted by atomic mass is 16.6. The Bertz CT molecular complexity index is 832. The van der Waals surface area contributed by atoms with Crippen molar-refractivity contribution in [1.82, 2.24) is 0 Å². The monoisotopic (exact) mass is 350 g/mol. The van der Waals surface area contributed by atoms with Gasteiger partial charge in [0.25, 0.3) is 0 Å². The average Bonchev–Trinajstić information content (AvgIpc) is 3.24. The van der Waals surface area contributed by atoms with Crippen LogP contribution in [0.3, 0.4) is 0 Å². The Labute approximate surface area is 154 Å². The molecule has 1 aliphatic heterocycles. The van der Waals surface area contributed by atoms with Crippen molar-refractivity contribution >= 4 is 11.8 Å². The summed E-state index contributed by atoms with van der Waals surface area (Å²) in [4.78, 5) is 24.0. The van der Waals surface area contributed by atoms with Crippen molar-refractivity contribution in [3.05, 3.63) is 35.5 Å². The molecule has 1 heterocycles. The molecule has 6 rings (SSSR count). The van der Waals surface area contributed by atoms with Crippen molar-refractivity contribution in [3.63, 3.8) is 0 Å². The standard InChI is InChI=1S/C23H26O3/c1-12-9-17-15(14-4-3-13(24)10-16(12)14)5-7-22(2)21(17)18-11-19(18)23(22)8-6-20(25)26-23/h6,8,15,17-19,21H,1,3-5,7,9-11H2,2H3/t15?,17?,18?,19?,21?,22-,23-/m0/s1. The summed E-state index contributed by atoms with van der Waals surface area (Å²) >= 11 is 0. The van der Waals surface area contributed by atoms with E-state index >= 15 is 0 Å². The number of hydrogen-bond donors (Lipinski definition) is 0. The molecule has 0 bridgehead atoms. The first-order chi connectivity index (χ1) is 12.4. The van der Waals surface area contributed by atoms with Crippen LogP contribution in [0.4, 0.5) is 0 Å². The summed E-state index contributed by atoms with van der Waals surface area (Å²) in [6.45, 7) is 6.78. The lowest BCUT2D eigenvalue weighted by molar-refractivity contribution is -0.165. The van der Waals surface area contributed by atoms with E-state index in [0.29, 0.717) is 48.2 Å². The van der Waals surface area contributed by atoms with Crippen LogP contribution in [0.15, 0.2) is 35.5 Å². The Balaban J connectivity index is 1.42. The molecule has 6 aliphatic rings. The number of esters is 1. The minimum atomic E-state index is -0.344. The quantitative estimate of drug-likeness (QED) is 0.617. The smallest absolute Gasteiger partial charge is 0.331 e. The predicted octanol–water partition coefficient (Wildman–Crippen LogP) is 4.15. The maximum absolute atomic E-state index is 12.0. The van der Waals surface area contributed by atoms with Gasteiger partial charge in [-0.05, 0) is 67.4 Å². The SMILES string of the molecule is C=C1CC2C(CC[C@@]3(C)C2C2CC2[C@@]32C=CC(=O)O2)C2=C1CC(=O)CC2. The largest absolute Gasteiger partial charge is 0.451 e. The van der Waals surface area contributed by atoms with Crippen LogP contribution in [0, 0.1) is 35.0 Å². The Morgan fingerprint density at radius 1 is 1.23 bits per heavy atom. The number of allylic oxidation sites excluding steroid dienone is 3. The predicted molar refractivity (Wildman–Crippen MR) is 97.0 cm³/mol. The maximum atomic E-state index is 12.0. The van der Waals surface area contributed by atoms with Gasteiger partial charge in [0, 0.05) is 30.3 Å². The van der Waals surface area contributed by atoms with E-state index in [1.54, 1.807) is 11.6 Å². The summed E-state index contributed by atoms with van der Waals surface area (Å²) in [6, 6.07) is 0. The first kappa shape index (κ1) is 15.4. The van der Waals surface area contributed by atoms with Gasteiger partial charge in [0.1, 0.15) is 11.4 Å². The highest BCUT2D eigenvalue weighted by Crippen LogP contribution is 2.77. The van der Waals surface area contributed by atoms with E-state index in [9.17, 15) is 9.59 Å². The number of hydrogen-bond acceptors (Lipinski definition) is 3. The van der Waals surface area contributed by atoms with Crippen molar-refractivity contribution < 1.29 is 14.3 Å². The highest BCUT2D eigenvalue weighted by molar-refractivity contribution is 5.86.